The number of carbonyl (C=O) groups is 1. The summed E-state index contributed by atoms with van der Waals surface area (Å²) in [5.41, 5.74) is 2.26. The van der Waals surface area contributed by atoms with Gasteiger partial charge in [-0.3, -0.25) is 4.79 Å². The molecule has 1 unspecified atom stereocenters. The summed E-state index contributed by atoms with van der Waals surface area (Å²) in [6.45, 7) is 4.04. The zero-order valence-electron chi connectivity index (χ0n) is 13.7. The molecule has 0 aliphatic carbocycles. The molecular formula is C18H27N3O2. The molecule has 0 bridgehead atoms. The van der Waals surface area contributed by atoms with Gasteiger partial charge in [-0.1, -0.05) is 0 Å². The van der Waals surface area contributed by atoms with Gasteiger partial charge < -0.3 is 20.3 Å². The van der Waals surface area contributed by atoms with E-state index < -0.39 is 0 Å². The predicted octanol–water partition coefficient (Wildman–Crippen LogP) is 2.38. The topological polar surface area (TPSA) is 53.6 Å². The van der Waals surface area contributed by atoms with E-state index in [9.17, 15) is 4.79 Å². The predicted molar refractivity (Wildman–Crippen MR) is 93.0 cm³/mol. The Morgan fingerprint density at radius 2 is 1.91 bits per heavy atom. The zero-order chi connectivity index (χ0) is 15.9. The second-order valence-corrected chi connectivity index (χ2v) is 6.39. The summed E-state index contributed by atoms with van der Waals surface area (Å²) in [7, 11) is 0. The van der Waals surface area contributed by atoms with Crippen LogP contribution in [0.5, 0.6) is 0 Å². The van der Waals surface area contributed by atoms with Gasteiger partial charge in [0.15, 0.2) is 0 Å². The Morgan fingerprint density at radius 3 is 2.61 bits per heavy atom. The number of anilines is 2. The molecule has 0 aromatic heterocycles. The second-order valence-electron chi connectivity index (χ2n) is 6.39. The average Bonchev–Trinajstić information content (AvgIpc) is 3.13. The van der Waals surface area contributed by atoms with Crippen molar-refractivity contribution >= 4 is 17.3 Å². The first kappa shape index (κ1) is 16.1. The molecule has 2 saturated heterocycles. The Labute approximate surface area is 138 Å². The van der Waals surface area contributed by atoms with E-state index in [4.69, 9.17) is 4.74 Å². The van der Waals surface area contributed by atoms with Gasteiger partial charge >= 0.3 is 0 Å². The zero-order valence-corrected chi connectivity index (χ0v) is 13.7. The first-order valence-electron chi connectivity index (χ1n) is 8.78. The maximum absolute atomic E-state index is 11.8. The number of carbonyl (C=O) groups excluding carboxylic acids is 1. The fourth-order valence-electron chi connectivity index (χ4n) is 3.22. The van der Waals surface area contributed by atoms with Crippen molar-refractivity contribution in [2.24, 2.45) is 0 Å². The number of hydrogen-bond donors (Lipinski definition) is 2. The molecule has 2 aliphatic heterocycles. The van der Waals surface area contributed by atoms with Crippen LogP contribution < -0.4 is 15.5 Å². The Balaban J connectivity index is 1.40. The minimum Gasteiger partial charge on any atom is -0.376 e. The van der Waals surface area contributed by atoms with E-state index in [1.807, 2.05) is 0 Å². The minimum atomic E-state index is 0.0145. The summed E-state index contributed by atoms with van der Waals surface area (Å²) in [6.07, 6.45) is 6.25. The molecule has 1 atom stereocenters. The highest BCUT2D eigenvalue weighted by atomic mass is 16.5. The molecule has 5 nitrogen and oxygen atoms in total. The number of piperidine rings is 1. The van der Waals surface area contributed by atoms with Crippen LogP contribution in [0, 0.1) is 0 Å². The van der Waals surface area contributed by atoms with Crippen molar-refractivity contribution in [1.29, 1.82) is 0 Å². The Hall–Kier alpha value is -1.75. The van der Waals surface area contributed by atoms with Crippen LogP contribution in [0.15, 0.2) is 24.3 Å². The quantitative estimate of drug-likeness (QED) is 0.846. The third-order valence-electron chi connectivity index (χ3n) is 4.59. The van der Waals surface area contributed by atoms with E-state index in [1.165, 1.54) is 24.9 Å². The lowest BCUT2D eigenvalue weighted by molar-refractivity contribution is -0.119. The number of nitrogens with one attached hydrogen (secondary N) is 2. The molecule has 126 valence electrons. The van der Waals surface area contributed by atoms with Crippen LogP contribution in [0.1, 0.15) is 32.1 Å². The molecule has 2 N–H and O–H groups in total. The van der Waals surface area contributed by atoms with E-state index in [-0.39, 0.29) is 12.0 Å². The van der Waals surface area contributed by atoms with Gasteiger partial charge in [-0.2, -0.15) is 0 Å². The maximum Gasteiger partial charge on any atom is 0.239 e. The summed E-state index contributed by atoms with van der Waals surface area (Å²) >= 11 is 0. The van der Waals surface area contributed by atoms with Crippen molar-refractivity contribution in [3.8, 4) is 0 Å². The third kappa shape index (κ3) is 4.86. The summed E-state index contributed by atoms with van der Waals surface area (Å²) in [5.74, 6) is 0.0145. The minimum absolute atomic E-state index is 0.0145. The molecule has 23 heavy (non-hydrogen) atoms. The van der Waals surface area contributed by atoms with Crippen LogP contribution in [0.2, 0.25) is 0 Å². The highest BCUT2D eigenvalue weighted by molar-refractivity contribution is 5.80. The van der Waals surface area contributed by atoms with Crippen molar-refractivity contribution < 1.29 is 9.53 Å². The lowest BCUT2D eigenvalue weighted by atomic mass is 10.1. The lowest BCUT2D eigenvalue weighted by Crippen LogP contribution is -2.35. The van der Waals surface area contributed by atoms with Crippen molar-refractivity contribution in [2.75, 3.05) is 43.0 Å². The van der Waals surface area contributed by atoms with Gasteiger partial charge in [0.2, 0.25) is 5.91 Å². The normalized spacial score (nSPS) is 21.2. The SMILES string of the molecule is O=C(CNc1ccc(N2CCCCC2)cc1)NCC1CCCO1. The summed E-state index contributed by atoms with van der Waals surface area (Å²) in [6, 6.07) is 8.38. The molecular weight excluding hydrogens is 290 g/mol. The van der Waals surface area contributed by atoms with E-state index in [0.29, 0.717) is 13.1 Å². The van der Waals surface area contributed by atoms with Crippen LogP contribution in [0.4, 0.5) is 11.4 Å². The highest BCUT2D eigenvalue weighted by Crippen LogP contribution is 2.21. The maximum atomic E-state index is 11.8. The first-order valence-corrected chi connectivity index (χ1v) is 8.78. The second kappa shape index (κ2) is 8.20. The van der Waals surface area contributed by atoms with Gasteiger partial charge in [-0.05, 0) is 56.4 Å². The van der Waals surface area contributed by atoms with Crippen molar-refractivity contribution in [3.05, 3.63) is 24.3 Å². The number of rotatable bonds is 6. The van der Waals surface area contributed by atoms with Crippen LogP contribution >= 0.6 is 0 Å². The Kier molecular flexibility index (Phi) is 5.75. The number of benzene rings is 1. The third-order valence-corrected chi connectivity index (χ3v) is 4.59. The van der Waals surface area contributed by atoms with Crippen molar-refractivity contribution in [2.45, 2.75) is 38.2 Å². The van der Waals surface area contributed by atoms with Crippen molar-refractivity contribution in [3.63, 3.8) is 0 Å². The van der Waals surface area contributed by atoms with E-state index in [1.54, 1.807) is 0 Å². The summed E-state index contributed by atoms with van der Waals surface area (Å²) in [5, 5.41) is 6.10. The van der Waals surface area contributed by atoms with E-state index in [2.05, 4.69) is 39.8 Å². The van der Waals surface area contributed by atoms with Gasteiger partial charge in [0.1, 0.15) is 0 Å². The molecule has 0 radical (unpaired) electrons. The number of nitrogens with zero attached hydrogens (tertiary/aromatic N) is 1. The first-order chi connectivity index (χ1) is 11.3. The molecule has 1 aromatic carbocycles. The standard InChI is InChI=1S/C18H27N3O2/c22-18(20-13-17-5-4-12-23-17)14-19-15-6-8-16(9-7-15)21-10-2-1-3-11-21/h6-9,17,19H,1-5,10-14H2,(H,20,22). The van der Waals surface area contributed by atoms with Gasteiger partial charge in [0.25, 0.3) is 0 Å². The molecule has 2 aliphatic rings. The number of hydrogen-bond acceptors (Lipinski definition) is 4. The molecule has 2 heterocycles. The summed E-state index contributed by atoms with van der Waals surface area (Å²) in [4.78, 5) is 14.3. The molecule has 0 saturated carbocycles. The van der Waals surface area contributed by atoms with Crippen LogP contribution in [0.3, 0.4) is 0 Å². The fourth-order valence-corrected chi connectivity index (χ4v) is 3.22. The van der Waals surface area contributed by atoms with Crippen molar-refractivity contribution in [1.82, 2.24) is 5.32 Å². The van der Waals surface area contributed by atoms with Gasteiger partial charge in [0.05, 0.1) is 12.6 Å². The van der Waals surface area contributed by atoms with Gasteiger partial charge in [-0.25, -0.2) is 0 Å². The fraction of sp³-hybridized carbons (Fsp3) is 0.611. The van der Waals surface area contributed by atoms with Crippen LogP contribution in [-0.4, -0.2) is 44.8 Å². The summed E-state index contributed by atoms with van der Waals surface area (Å²) < 4.78 is 5.50. The molecule has 5 heteroatoms. The smallest absolute Gasteiger partial charge is 0.239 e. The Morgan fingerprint density at radius 1 is 1.13 bits per heavy atom. The molecule has 1 amide bonds. The molecule has 3 rings (SSSR count). The average molecular weight is 317 g/mol. The molecule has 2 fully saturated rings. The van der Waals surface area contributed by atoms with Crippen LogP contribution in [-0.2, 0) is 9.53 Å². The van der Waals surface area contributed by atoms with Crippen LogP contribution in [0.25, 0.3) is 0 Å². The van der Waals surface area contributed by atoms with Gasteiger partial charge in [-0.15, -0.1) is 0 Å². The number of ether oxygens (including phenoxy) is 1. The monoisotopic (exact) mass is 317 g/mol. The number of amides is 1. The lowest BCUT2D eigenvalue weighted by Gasteiger charge is -2.28. The largest absolute Gasteiger partial charge is 0.376 e. The van der Waals surface area contributed by atoms with E-state index in [0.717, 1.165) is 38.2 Å². The highest BCUT2D eigenvalue weighted by Gasteiger charge is 2.16. The van der Waals surface area contributed by atoms with Gasteiger partial charge in [0, 0.05) is 37.6 Å². The Bertz CT molecular complexity index is 491. The van der Waals surface area contributed by atoms with E-state index >= 15 is 0 Å². The molecule has 1 aromatic rings. The molecule has 0 spiro atoms.